The zero-order chi connectivity index (χ0) is 17.7. The van der Waals surface area contributed by atoms with E-state index in [1.807, 2.05) is 17.9 Å². The summed E-state index contributed by atoms with van der Waals surface area (Å²) < 4.78 is 25.1. The molecule has 1 aliphatic rings. The second-order valence-electron chi connectivity index (χ2n) is 6.05. The van der Waals surface area contributed by atoms with E-state index in [0.717, 1.165) is 6.26 Å². The number of nitrogens with zero attached hydrogens (tertiary/aromatic N) is 2. The maximum atomic E-state index is 12.3. The number of hydrogen-bond donors (Lipinski definition) is 2. The van der Waals surface area contributed by atoms with Crippen LogP contribution in [0.4, 0.5) is 5.69 Å². The van der Waals surface area contributed by atoms with Crippen molar-refractivity contribution in [1.82, 2.24) is 9.62 Å². The van der Waals surface area contributed by atoms with Gasteiger partial charge in [0.25, 0.3) is 0 Å². The van der Waals surface area contributed by atoms with Crippen molar-refractivity contribution in [3.63, 3.8) is 0 Å². The molecule has 0 spiro atoms. The fourth-order valence-electron chi connectivity index (χ4n) is 2.75. The van der Waals surface area contributed by atoms with Gasteiger partial charge in [-0.25, -0.2) is 13.1 Å². The number of anilines is 1. The van der Waals surface area contributed by atoms with Gasteiger partial charge in [-0.15, -0.1) is 0 Å². The number of sulfonamides is 1. The van der Waals surface area contributed by atoms with Crippen molar-refractivity contribution in [1.29, 1.82) is 5.26 Å². The summed E-state index contributed by atoms with van der Waals surface area (Å²) in [4.78, 5) is 14.4. The van der Waals surface area contributed by atoms with Crippen LogP contribution in [0.2, 0.25) is 0 Å². The Morgan fingerprint density at radius 3 is 2.38 bits per heavy atom. The van der Waals surface area contributed by atoms with E-state index < -0.39 is 10.0 Å². The topological polar surface area (TPSA) is 102 Å². The van der Waals surface area contributed by atoms with Gasteiger partial charge in [-0.1, -0.05) is 0 Å². The minimum atomic E-state index is -3.19. The summed E-state index contributed by atoms with van der Waals surface area (Å²) in [6.45, 7) is 3.16. The van der Waals surface area contributed by atoms with Gasteiger partial charge in [0.15, 0.2) is 0 Å². The van der Waals surface area contributed by atoms with Crippen LogP contribution in [0.15, 0.2) is 24.3 Å². The van der Waals surface area contributed by atoms with Gasteiger partial charge in [0.05, 0.1) is 23.9 Å². The molecule has 1 aliphatic heterocycles. The summed E-state index contributed by atoms with van der Waals surface area (Å²) in [7, 11) is -3.19. The molecule has 0 radical (unpaired) electrons. The van der Waals surface area contributed by atoms with Crippen molar-refractivity contribution in [2.45, 2.75) is 31.8 Å². The van der Waals surface area contributed by atoms with E-state index >= 15 is 0 Å². The summed E-state index contributed by atoms with van der Waals surface area (Å²) in [6.07, 6.45) is 2.52. The Bertz CT molecular complexity index is 717. The number of carbonyl (C=O) groups excluding carboxylic acids is 1. The SMILES string of the molecule is C[C@H](C(=O)Nc1ccc(C#N)cc1)N1CCC(NS(C)(=O)=O)CC1. The normalized spacial score (nSPS) is 17.9. The minimum absolute atomic E-state index is 0.0648. The predicted octanol–water partition coefficient (Wildman–Crippen LogP) is 0.899. The molecule has 1 aromatic carbocycles. The quantitative estimate of drug-likeness (QED) is 0.821. The van der Waals surface area contributed by atoms with Crippen molar-refractivity contribution in [3.05, 3.63) is 29.8 Å². The third-order valence-corrected chi connectivity index (χ3v) is 4.88. The number of nitriles is 1. The summed E-state index contributed by atoms with van der Waals surface area (Å²) in [5.74, 6) is -0.116. The Labute approximate surface area is 142 Å². The Hall–Kier alpha value is -1.95. The van der Waals surface area contributed by atoms with Crippen LogP contribution >= 0.6 is 0 Å². The van der Waals surface area contributed by atoms with Crippen LogP contribution in [0.25, 0.3) is 0 Å². The van der Waals surface area contributed by atoms with Crippen molar-refractivity contribution in [2.75, 3.05) is 24.7 Å². The van der Waals surface area contributed by atoms with E-state index in [9.17, 15) is 13.2 Å². The van der Waals surface area contributed by atoms with Gasteiger partial charge in [0, 0.05) is 24.8 Å². The fourth-order valence-corrected chi connectivity index (χ4v) is 3.59. The molecule has 1 fully saturated rings. The first kappa shape index (κ1) is 18.4. The molecule has 8 heteroatoms. The molecule has 0 saturated carbocycles. The molecular weight excluding hydrogens is 328 g/mol. The van der Waals surface area contributed by atoms with Crippen LogP contribution in [0.3, 0.4) is 0 Å². The van der Waals surface area contributed by atoms with Crippen LogP contribution in [-0.2, 0) is 14.8 Å². The number of piperidine rings is 1. The number of amides is 1. The van der Waals surface area contributed by atoms with E-state index in [0.29, 0.717) is 37.2 Å². The molecule has 0 unspecified atom stereocenters. The highest BCUT2D eigenvalue weighted by Crippen LogP contribution is 2.16. The highest BCUT2D eigenvalue weighted by molar-refractivity contribution is 7.88. The van der Waals surface area contributed by atoms with Crippen LogP contribution in [0.5, 0.6) is 0 Å². The molecule has 130 valence electrons. The molecule has 1 amide bonds. The molecule has 1 heterocycles. The molecule has 0 aliphatic carbocycles. The van der Waals surface area contributed by atoms with Crippen LogP contribution in [0, 0.1) is 11.3 Å². The summed E-state index contributed by atoms with van der Waals surface area (Å²) in [6, 6.07) is 8.37. The smallest absolute Gasteiger partial charge is 0.241 e. The molecular formula is C16H22N4O3S. The first-order valence-electron chi connectivity index (χ1n) is 7.81. The number of benzene rings is 1. The minimum Gasteiger partial charge on any atom is -0.325 e. The predicted molar refractivity (Wildman–Crippen MR) is 91.8 cm³/mol. The van der Waals surface area contributed by atoms with Gasteiger partial charge < -0.3 is 5.32 Å². The summed E-state index contributed by atoms with van der Waals surface area (Å²) in [5, 5.41) is 11.6. The molecule has 1 aromatic rings. The highest BCUT2D eigenvalue weighted by Gasteiger charge is 2.27. The largest absolute Gasteiger partial charge is 0.325 e. The molecule has 2 rings (SSSR count). The first-order valence-corrected chi connectivity index (χ1v) is 9.70. The van der Waals surface area contributed by atoms with Gasteiger partial charge in [-0.3, -0.25) is 9.69 Å². The Kier molecular flexibility index (Phi) is 5.94. The fraction of sp³-hybridized carbons (Fsp3) is 0.500. The maximum absolute atomic E-state index is 12.3. The van der Waals surface area contributed by atoms with Gasteiger partial charge in [0.1, 0.15) is 0 Å². The third-order valence-electron chi connectivity index (χ3n) is 4.12. The molecule has 24 heavy (non-hydrogen) atoms. The third kappa shape index (κ3) is 5.30. The Morgan fingerprint density at radius 1 is 1.29 bits per heavy atom. The van der Waals surface area contributed by atoms with Gasteiger partial charge in [-0.05, 0) is 44.0 Å². The van der Waals surface area contributed by atoms with Crippen molar-refractivity contribution in [3.8, 4) is 6.07 Å². The van der Waals surface area contributed by atoms with Gasteiger partial charge in [0.2, 0.25) is 15.9 Å². The summed E-state index contributed by atoms with van der Waals surface area (Å²) in [5.41, 5.74) is 1.20. The van der Waals surface area contributed by atoms with Crippen molar-refractivity contribution >= 4 is 21.6 Å². The maximum Gasteiger partial charge on any atom is 0.241 e. The van der Waals surface area contributed by atoms with Crippen LogP contribution in [-0.4, -0.2) is 50.7 Å². The molecule has 0 bridgehead atoms. The molecule has 1 atom stereocenters. The van der Waals surface area contributed by atoms with Gasteiger partial charge >= 0.3 is 0 Å². The van der Waals surface area contributed by atoms with Crippen LogP contribution in [0.1, 0.15) is 25.3 Å². The lowest BCUT2D eigenvalue weighted by molar-refractivity contribution is -0.121. The summed E-state index contributed by atoms with van der Waals surface area (Å²) >= 11 is 0. The van der Waals surface area contributed by atoms with Crippen molar-refractivity contribution in [2.24, 2.45) is 0 Å². The second-order valence-corrected chi connectivity index (χ2v) is 7.83. The lowest BCUT2D eigenvalue weighted by atomic mass is 10.0. The van der Waals surface area contributed by atoms with E-state index in [-0.39, 0.29) is 18.0 Å². The molecule has 0 aromatic heterocycles. The van der Waals surface area contributed by atoms with Gasteiger partial charge in [-0.2, -0.15) is 5.26 Å². The number of likely N-dealkylation sites (tertiary alicyclic amines) is 1. The first-order chi connectivity index (χ1) is 11.3. The number of hydrogen-bond acceptors (Lipinski definition) is 5. The number of nitrogens with one attached hydrogen (secondary N) is 2. The van der Waals surface area contributed by atoms with E-state index in [4.69, 9.17) is 5.26 Å². The Morgan fingerprint density at radius 2 is 1.88 bits per heavy atom. The molecule has 1 saturated heterocycles. The van der Waals surface area contributed by atoms with E-state index in [2.05, 4.69) is 10.0 Å². The monoisotopic (exact) mass is 350 g/mol. The zero-order valence-electron chi connectivity index (χ0n) is 13.8. The lowest BCUT2D eigenvalue weighted by Gasteiger charge is -2.35. The Balaban J connectivity index is 1.86. The zero-order valence-corrected chi connectivity index (χ0v) is 14.6. The standard InChI is InChI=1S/C16H22N4O3S/c1-12(16(21)18-14-5-3-13(11-17)4-6-14)20-9-7-15(8-10-20)19-24(2,22)23/h3-6,12,15,19H,7-10H2,1-2H3,(H,18,21)/t12-/m1/s1. The number of rotatable bonds is 5. The molecule has 7 nitrogen and oxygen atoms in total. The molecule has 2 N–H and O–H groups in total. The van der Waals surface area contributed by atoms with E-state index in [1.54, 1.807) is 24.3 Å². The average molecular weight is 350 g/mol. The average Bonchev–Trinajstić information content (AvgIpc) is 2.54. The van der Waals surface area contributed by atoms with Crippen molar-refractivity contribution < 1.29 is 13.2 Å². The lowest BCUT2D eigenvalue weighted by Crippen LogP contribution is -2.50. The van der Waals surface area contributed by atoms with E-state index in [1.165, 1.54) is 0 Å². The second kappa shape index (κ2) is 7.75. The number of carbonyl (C=O) groups is 1. The van der Waals surface area contributed by atoms with Crippen LogP contribution < -0.4 is 10.0 Å². The highest BCUT2D eigenvalue weighted by atomic mass is 32.2.